The fourth-order valence-electron chi connectivity index (χ4n) is 8.68. The fraction of sp³-hybridized carbons (Fsp3) is 0.625. The number of carbonyl (C=O) groups is 4. The van der Waals surface area contributed by atoms with Crippen LogP contribution in [0, 0.1) is 12.8 Å². The van der Waals surface area contributed by atoms with Crippen molar-refractivity contribution in [2.75, 3.05) is 6.54 Å². The Morgan fingerprint density at radius 3 is 2.53 bits per heavy atom. The van der Waals surface area contributed by atoms with Gasteiger partial charge in [0, 0.05) is 23.3 Å². The maximum Gasteiger partial charge on any atom is 0.573 e. The minimum atomic E-state index is -4.90. The van der Waals surface area contributed by atoms with E-state index in [1.165, 1.54) is 23.1 Å². The number of aryl methyl sites for hydroxylation is 2. The second-order valence-electron chi connectivity index (χ2n) is 17.1. The lowest BCUT2D eigenvalue weighted by atomic mass is 9.87. The maximum absolute atomic E-state index is 14.7. The van der Waals surface area contributed by atoms with Crippen LogP contribution >= 0.6 is 0 Å². The molecule has 58 heavy (non-hydrogen) atoms. The maximum atomic E-state index is 14.7. The summed E-state index contributed by atoms with van der Waals surface area (Å²) in [5.41, 5.74) is -1.26. The Bertz CT molecular complexity index is 2180. The van der Waals surface area contributed by atoms with E-state index >= 15 is 0 Å². The molecule has 0 unspecified atom stereocenters. The summed E-state index contributed by atoms with van der Waals surface area (Å²) >= 11 is 0. The molecule has 0 bridgehead atoms. The number of amides is 4. The Balaban J connectivity index is 1.12. The van der Waals surface area contributed by atoms with Crippen LogP contribution in [0.15, 0.2) is 30.4 Å². The van der Waals surface area contributed by atoms with Crippen LogP contribution in [0.1, 0.15) is 102 Å². The molecule has 3 N–H and O–H groups in total. The third kappa shape index (κ3) is 7.79. The van der Waals surface area contributed by atoms with Gasteiger partial charge < -0.3 is 29.7 Å². The van der Waals surface area contributed by atoms with E-state index in [0.29, 0.717) is 60.0 Å². The van der Waals surface area contributed by atoms with E-state index < -0.39 is 79.8 Å². The number of fused-ring (bicyclic) bond motifs is 5. The van der Waals surface area contributed by atoms with E-state index in [4.69, 9.17) is 9.47 Å². The number of benzene rings is 1. The number of hydrogen-bond acceptors (Lipinski definition) is 10. The van der Waals surface area contributed by atoms with E-state index in [0.717, 1.165) is 32.1 Å². The minimum absolute atomic E-state index is 0.0352. The molecular formula is C40H48F3N5O9S. The number of nitrogens with one attached hydrogen (secondary N) is 3. The van der Waals surface area contributed by atoms with Gasteiger partial charge in [0.1, 0.15) is 40.8 Å². The first-order valence-corrected chi connectivity index (χ1v) is 21.6. The van der Waals surface area contributed by atoms with E-state index in [1.807, 2.05) is 12.2 Å². The average molecular weight is 832 g/mol. The van der Waals surface area contributed by atoms with Crippen LogP contribution in [-0.4, -0.2) is 89.1 Å². The molecule has 18 heteroatoms. The number of pyridine rings is 1. The van der Waals surface area contributed by atoms with Crippen molar-refractivity contribution in [1.29, 1.82) is 0 Å². The Labute approximate surface area is 334 Å². The highest BCUT2D eigenvalue weighted by Gasteiger charge is 2.64. The van der Waals surface area contributed by atoms with Crippen LogP contribution in [0.5, 0.6) is 11.5 Å². The number of carbonyl (C=O) groups excluding carboxylic acids is 4. The molecule has 4 amide bonds. The fourth-order valence-corrected chi connectivity index (χ4v) is 10.00. The molecule has 1 aromatic heterocycles. The van der Waals surface area contributed by atoms with Gasteiger partial charge in [0.2, 0.25) is 21.8 Å². The van der Waals surface area contributed by atoms with E-state index in [-0.39, 0.29) is 38.3 Å². The molecule has 3 aliphatic carbocycles. The predicted molar refractivity (Wildman–Crippen MR) is 202 cm³/mol. The van der Waals surface area contributed by atoms with E-state index in [1.54, 1.807) is 13.8 Å². The largest absolute Gasteiger partial charge is 0.573 e. The second kappa shape index (κ2) is 14.6. The highest BCUT2D eigenvalue weighted by Crippen LogP contribution is 2.49. The molecule has 1 aromatic carbocycles. The molecule has 314 valence electrons. The van der Waals surface area contributed by atoms with Gasteiger partial charge in [0.25, 0.3) is 5.91 Å². The summed E-state index contributed by atoms with van der Waals surface area (Å²) in [4.78, 5) is 62.3. The molecule has 1 saturated heterocycles. The lowest BCUT2D eigenvalue weighted by molar-refractivity contribution is -0.274. The average Bonchev–Trinajstić information content (AvgIpc) is 4.03. The molecule has 1 spiro atoms. The zero-order chi connectivity index (χ0) is 41.3. The van der Waals surface area contributed by atoms with Gasteiger partial charge in [-0.3, -0.25) is 19.1 Å². The van der Waals surface area contributed by atoms with Crippen LogP contribution in [0.3, 0.4) is 0 Å². The van der Waals surface area contributed by atoms with Crippen LogP contribution < -0.4 is 24.8 Å². The number of aromatic nitrogens is 1. The number of alkyl halides is 3. The summed E-state index contributed by atoms with van der Waals surface area (Å²) < 4.78 is 83.5. The number of hydrogen-bond donors (Lipinski definition) is 3. The molecule has 8 rings (SSSR count). The first-order valence-electron chi connectivity index (χ1n) is 20.1. The van der Waals surface area contributed by atoms with Crippen molar-refractivity contribution in [3.8, 4) is 11.5 Å². The quantitative estimate of drug-likeness (QED) is 0.330. The first kappa shape index (κ1) is 40.2. The van der Waals surface area contributed by atoms with Crippen molar-refractivity contribution in [3.05, 3.63) is 41.6 Å². The smallest absolute Gasteiger partial charge is 0.483 e. The van der Waals surface area contributed by atoms with Crippen LogP contribution in [0.25, 0.3) is 10.9 Å². The van der Waals surface area contributed by atoms with Gasteiger partial charge in [0.15, 0.2) is 0 Å². The highest BCUT2D eigenvalue weighted by atomic mass is 32.2. The van der Waals surface area contributed by atoms with E-state index in [9.17, 15) is 40.8 Å². The number of ether oxygens (including phenoxy) is 3. The van der Waals surface area contributed by atoms with Gasteiger partial charge in [-0.1, -0.05) is 25.0 Å². The monoisotopic (exact) mass is 831 g/mol. The zero-order valence-corrected chi connectivity index (χ0v) is 33.2. The predicted octanol–water partition coefficient (Wildman–Crippen LogP) is 5.15. The SMILES string of the molecule is Cc1nc2ccc(OC(F)(F)F)cc2c2c1O[C@]1(CC2)C[C@H]2C(=O)N[C@]3(C(=O)NS(=O)(=O)C4(C)CC4)C[C@H]3/C=C\CCCCC[C@H](NC(=O)OC3CCC3)C(=O)N2C1. The number of rotatable bonds is 6. The third-order valence-corrected chi connectivity index (χ3v) is 15.0. The molecule has 6 aliphatic rings. The van der Waals surface area contributed by atoms with Gasteiger partial charge in [-0.05, 0) is 103 Å². The minimum Gasteiger partial charge on any atom is -0.483 e. The number of halogens is 3. The summed E-state index contributed by atoms with van der Waals surface area (Å²) in [6, 6.07) is 1.63. The van der Waals surface area contributed by atoms with Crippen LogP contribution in [-0.2, 0) is 35.6 Å². The Kier molecular flexibility index (Phi) is 10.1. The summed E-state index contributed by atoms with van der Waals surface area (Å²) in [5, 5.41) is 6.04. The molecule has 3 aliphatic heterocycles. The molecule has 2 aromatic rings. The molecule has 0 radical (unpaired) electrons. The summed E-state index contributed by atoms with van der Waals surface area (Å²) in [6.07, 6.45) is 4.73. The standard InChI is InChI=1S/C40H48F3N5O9S/c1-23-32-27(28-19-26(56-40(41,42)43)13-14-29(28)44-23)15-16-38(57-32)21-31-33(49)46-39(35(51)47-58(53,54)37(2)17-18-37)20-24(39)9-6-4-3-5-7-12-30(34(50)48(31)22-38)45-36(52)55-25-10-8-11-25/h6,9,13-14,19,24-25,30-31H,3-5,7-8,10-12,15-18,20-22H2,1-2H3,(H,45,52)(H,46,49)(H,47,51)/b9-6-/t24-,30+,31+,38-,39-/m1/s1. The van der Waals surface area contributed by atoms with Gasteiger partial charge in [-0.15, -0.1) is 13.2 Å². The Hall–Kier alpha value is -4.61. The van der Waals surface area contributed by atoms with Crippen molar-refractivity contribution in [2.45, 2.75) is 144 Å². The molecule has 4 heterocycles. The normalized spacial score (nSPS) is 30.2. The number of sulfonamides is 1. The lowest BCUT2D eigenvalue weighted by Crippen LogP contribution is -2.58. The number of allylic oxidation sites excluding steroid dienone is 1. The Morgan fingerprint density at radius 1 is 1.05 bits per heavy atom. The highest BCUT2D eigenvalue weighted by molar-refractivity contribution is 7.91. The molecule has 5 atom stereocenters. The summed E-state index contributed by atoms with van der Waals surface area (Å²) in [6.45, 7) is 3.17. The van der Waals surface area contributed by atoms with Crippen LogP contribution in [0.2, 0.25) is 0 Å². The first-order chi connectivity index (χ1) is 27.4. The zero-order valence-electron chi connectivity index (χ0n) is 32.4. The molecule has 3 saturated carbocycles. The van der Waals surface area contributed by atoms with E-state index in [2.05, 4.69) is 25.1 Å². The van der Waals surface area contributed by atoms with Gasteiger partial charge in [0.05, 0.1) is 22.5 Å². The van der Waals surface area contributed by atoms with Gasteiger partial charge in [-0.25, -0.2) is 18.2 Å². The lowest BCUT2D eigenvalue weighted by Gasteiger charge is -2.37. The second-order valence-corrected chi connectivity index (χ2v) is 19.3. The molecule has 4 fully saturated rings. The van der Waals surface area contributed by atoms with Crippen molar-refractivity contribution >= 4 is 44.7 Å². The van der Waals surface area contributed by atoms with Crippen molar-refractivity contribution in [3.63, 3.8) is 0 Å². The van der Waals surface area contributed by atoms with Crippen LogP contribution in [0.4, 0.5) is 18.0 Å². The number of nitrogens with zero attached hydrogens (tertiary/aromatic N) is 2. The topological polar surface area (TPSA) is 182 Å². The van der Waals surface area contributed by atoms with Crippen molar-refractivity contribution in [1.82, 2.24) is 25.2 Å². The van der Waals surface area contributed by atoms with Crippen molar-refractivity contribution < 1.29 is 55.0 Å². The Morgan fingerprint density at radius 2 is 1.83 bits per heavy atom. The third-order valence-electron chi connectivity index (χ3n) is 12.8. The summed E-state index contributed by atoms with van der Waals surface area (Å²) in [5.74, 6) is -2.66. The van der Waals surface area contributed by atoms with Gasteiger partial charge >= 0.3 is 12.5 Å². The number of alkyl carbamates (subject to hydrolysis) is 1. The van der Waals surface area contributed by atoms with Crippen molar-refractivity contribution in [2.24, 2.45) is 5.92 Å². The molecular weight excluding hydrogens is 784 g/mol. The molecule has 14 nitrogen and oxygen atoms in total. The summed E-state index contributed by atoms with van der Waals surface area (Å²) in [7, 11) is -4.04. The van der Waals surface area contributed by atoms with Gasteiger partial charge in [-0.2, -0.15) is 0 Å².